The molecule has 0 radical (unpaired) electrons. The van der Waals surface area contributed by atoms with E-state index in [9.17, 15) is 9.18 Å². The van der Waals surface area contributed by atoms with E-state index < -0.39 is 0 Å². The molecule has 3 rings (SSSR count). The number of hydrogen-bond acceptors (Lipinski definition) is 1. The summed E-state index contributed by atoms with van der Waals surface area (Å²) in [6.07, 6.45) is 4.53. The SMILES string of the molecule is O=c1cc(C2CCCC2)[nH]c2c(F)ccc(Br)c12. The van der Waals surface area contributed by atoms with Crippen molar-refractivity contribution in [3.05, 3.63) is 44.4 Å². The van der Waals surface area contributed by atoms with E-state index in [0.29, 0.717) is 21.3 Å². The average molecular weight is 310 g/mol. The smallest absolute Gasteiger partial charge is 0.190 e. The molecule has 2 nitrogen and oxygen atoms in total. The molecule has 2 aromatic rings. The summed E-state index contributed by atoms with van der Waals surface area (Å²) in [5, 5.41) is 0.400. The molecular weight excluding hydrogens is 297 g/mol. The van der Waals surface area contributed by atoms with Gasteiger partial charge in [-0.3, -0.25) is 4.79 Å². The maximum Gasteiger partial charge on any atom is 0.190 e. The van der Waals surface area contributed by atoms with Crippen molar-refractivity contribution in [3.8, 4) is 0 Å². The first kappa shape index (κ1) is 11.9. The molecule has 1 aromatic heterocycles. The summed E-state index contributed by atoms with van der Waals surface area (Å²) < 4.78 is 14.5. The second-order valence-electron chi connectivity index (χ2n) is 4.85. The van der Waals surface area contributed by atoms with Gasteiger partial charge in [-0.25, -0.2) is 4.39 Å². The van der Waals surface area contributed by atoms with Crippen LogP contribution in [0.4, 0.5) is 4.39 Å². The molecule has 0 bridgehead atoms. The summed E-state index contributed by atoms with van der Waals surface area (Å²) in [6.45, 7) is 0. The summed E-state index contributed by atoms with van der Waals surface area (Å²) in [5.74, 6) is 0.00521. The van der Waals surface area contributed by atoms with E-state index >= 15 is 0 Å². The maximum atomic E-state index is 13.8. The summed E-state index contributed by atoms with van der Waals surface area (Å²) >= 11 is 3.30. The van der Waals surface area contributed by atoms with Gasteiger partial charge in [0.25, 0.3) is 0 Å². The molecule has 1 aromatic carbocycles. The lowest BCUT2D eigenvalue weighted by molar-refractivity contribution is 0.633. The van der Waals surface area contributed by atoms with Crippen LogP contribution >= 0.6 is 15.9 Å². The highest BCUT2D eigenvalue weighted by Crippen LogP contribution is 2.33. The van der Waals surface area contributed by atoms with Crippen molar-refractivity contribution in [3.63, 3.8) is 0 Å². The molecule has 0 atom stereocenters. The highest BCUT2D eigenvalue weighted by Gasteiger charge is 2.20. The van der Waals surface area contributed by atoms with Crippen LogP contribution in [0.3, 0.4) is 0 Å². The molecule has 0 saturated heterocycles. The van der Waals surface area contributed by atoms with Crippen molar-refractivity contribution in [1.82, 2.24) is 4.98 Å². The Labute approximate surface area is 112 Å². The number of pyridine rings is 1. The molecule has 94 valence electrons. The second kappa shape index (κ2) is 4.50. The highest BCUT2D eigenvalue weighted by atomic mass is 79.9. The van der Waals surface area contributed by atoms with Gasteiger partial charge in [0.2, 0.25) is 0 Å². The number of rotatable bonds is 1. The van der Waals surface area contributed by atoms with Crippen LogP contribution in [0, 0.1) is 5.82 Å². The van der Waals surface area contributed by atoms with Crippen molar-refractivity contribution in [2.45, 2.75) is 31.6 Å². The molecule has 1 saturated carbocycles. The van der Waals surface area contributed by atoms with Crippen LogP contribution in [0.5, 0.6) is 0 Å². The van der Waals surface area contributed by atoms with Crippen LogP contribution in [0.25, 0.3) is 10.9 Å². The zero-order valence-electron chi connectivity index (χ0n) is 9.80. The molecule has 4 heteroatoms. The van der Waals surface area contributed by atoms with Crippen molar-refractivity contribution in [1.29, 1.82) is 0 Å². The van der Waals surface area contributed by atoms with Gasteiger partial charge in [-0.2, -0.15) is 0 Å². The number of H-pyrrole nitrogens is 1. The van der Waals surface area contributed by atoms with Crippen molar-refractivity contribution in [2.75, 3.05) is 0 Å². The predicted molar refractivity (Wildman–Crippen MR) is 73.4 cm³/mol. The Hall–Kier alpha value is -1.16. The summed E-state index contributed by atoms with van der Waals surface area (Å²) in [5.41, 5.74) is 1.08. The van der Waals surface area contributed by atoms with Crippen molar-refractivity contribution >= 4 is 26.8 Å². The number of fused-ring (bicyclic) bond motifs is 1. The monoisotopic (exact) mass is 309 g/mol. The number of aromatic nitrogens is 1. The molecule has 0 aliphatic heterocycles. The van der Waals surface area contributed by atoms with E-state index in [0.717, 1.165) is 18.5 Å². The van der Waals surface area contributed by atoms with Crippen molar-refractivity contribution < 1.29 is 4.39 Å². The zero-order valence-corrected chi connectivity index (χ0v) is 11.4. The Morgan fingerprint density at radius 1 is 1.28 bits per heavy atom. The fourth-order valence-corrected chi connectivity index (χ4v) is 3.29. The topological polar surface area (TPSA) is 32.9 Å². The fraction of sp³-hybridized carbons (Fsp3) is 0.357. The van der Waals surface area contributed by atoms with E-state index in [1.807, 2.05) is 0 Å². The van der Waals surface area contributed by atoms with E-state index in [4.69, 9.17) is 0 Å². The Bertz CT molecular complexity index is 659. The number of benzene rings is 1. The Balaban J connectivity index is 2.26. The van der Waals surface area contributed by atoms with E-state index in [2.05, 4.69) is 20.9 Å². The standard InChI is InChI=1S/C14H13BrFNO/c15-9-5-6-10(16)14-13(9)12(18)7-11(17-14)8-3-1-2-4-8/h5-8H,1-4H2,(H,17,18). The lowest BCUT2D eigenvalue weighted by Gasteiger charge is -2.11. The van der Waals surface area contributed by atoms with Gasteiger partial charge in [-0.1, -0.05) is 12.8 Å². The molecule has 0 amide bonds. The van der Waals surface area contributed by atoms with Gasteiger partial charge >= 0.3 is 0 Å². The summed E-state index contributed by atoms with van der Waals surface area (Å²) in [7, 11) is 0. The van der Waals surface area contributed by atoms with Gasteiger partial charge in [0.15, 0.2) is 5.43 Å². The molecule has 1 aliphatic rings. The Morgan fingerprint density at radius 2 is 2.00 bits per heavy atom. The molecule has 1 heterocycles. The highest BCUT2D eigenvalue weighted by molar-refractivity contribution is 9.10. The quantitative estimate of drug-likeness (QED) is 0.845. The molecule has 18 heavy (non-hydrogen) atoms. The first-order valence-electron chi connectivity index (χ1n) is 6.18. The summed E-state index contributed by atoms with van der Waals surface area (Å²) in [4.78, 5) is 15.2. The maximum absolute atomic E-state index is 13.8. The lowest BCUT2D eigenvalue weighted by Crippen LogP contribution is -2.09. The molecular formula is C14H13BrFNO. The number of hydrogen-bond donors (Lipinski definition) is 1. The molecule has 1 fully saturated rings. The van der Waals surface area contributed by atoms with E-state index in [-0.39, 0.29) is 11.2 Å². The number of nitrogens with one attached hydrogen (secondary N) is 1. The van der Waals surface area contributed by atoms with Gasteiger partial charge in [0.05, 0.1) is 10.9 Å². The van der Waals surface area contributed by atoms with Gasteiger partial charge in [0, 0.05) is 16.2 Å². The molecule has 1 N–H and O–H groups in total. The summed E-state index contributed by atoms with van der Waals surface area (Å²) in [6, 6.07) is 4.57. The van der Waals surface area contributed by atoms with Crippen LogP contribution < -0.4 is 5.43 Å². The lowest BCUT2D eigenvalue weighted by atomic mass is 10.0. The van der Waals surface area contributed by atoms with E-state index in [1.54, 1.807) is 12.1 Å². The Kier molecular flexibility index (Phi) is 2.98. The molecule has 0 spiro atoms. The zero-order chi connectivity index (χ0) is 12.7. The number of aromatic amines is 1. The Morgan fingerprint density at radius 3 is 2.72 bits per heavy atom. The first-order chi connectivity index (χ1) is 8.66. The van der Waals surface area contributed by atoms with Crippen LogP contribution in [-0.4, -0.2) is 4.98 Å². The minimum absolute atomic E-state index is 0.114. The van der Waals surface area contributed by atoms with Crippen LogP contribution in [0.15, 0.2) is 27.5 Å². The van der Waals surface area contributed by atoms with Crippen LogP contribution in [0.2, 0.25) is 0 Å². The molecule has 1 aliphatic carbocycles. The minimum Gasteiger partial charge on any atom is -0.356 e. The first-order valence-corrected chi connectivity index (χ1v) is 6.97. The van der Waals surface area contributed by atoms with Crippen molar-refractivity contribution in [2.24, 2.45) is 0 Å². The average Bonchev–Trinajstić information content (AvgIpc) is 2.87. The van der Waals surface area contributed by atoms with Crippen LogP contribution in [-0.2, 0) is 0 Å². The third kappa shape index (κ3) is 1.88. The van der Waals surface area contributed by atoms with Gasteiger partial charge in [-0.15, -0.1) is 0 Å². The third-order valence-electron chi connectivity index (χ3n) is 3.70. The predicted octanol–water partition coefficient (Wildman–Crippen LogP) is 4.09. The molecule has 0 unspecified atom stereocenters. The van der Waals surface area contributed by atoms with Gasteiger partial charge in [0.1, 0.15) is 5.82 Å². The number of halogens is 2. The van der Waals surface area contributed by atoms with Gasteiger partial charge < -0.3 is 4.98 Å². The fourth-order valence-electron chi connectivity index (χ4n) is 2.77. The minimum atomic E-state index is -0.370. The van der Waals surface area contributed by atoms with E-state index in [1.165, 1.54) is 18.9 Å². The largest absolute Gasteiger partial charge is 0.356 e. The second-order valence-corrected chi connectivity index (χ2v) is 5.70. The van der Waals surface area contributed by atoms with Crippen LogP contribution in [0.1, 0.15) is 37.3 Å². The van der Waals surface area contributed by atoms with Gasteiger partial charge in [-0.05, 0) is 46.8 Å². The third-order valence-corrected chi connectivity index (χ3v) is 4.36. The normalized spacial score (nSPS) is 16.6.